The third-order valence-electron chi connectivity index (χ3n) is 14.6. The van der Waals surface area contributed by atoms with Crippen molar-refractivity contribution < 1.29 is 63.5 Å². The number of nitrogens with zero attached hydrogens (tertiary/aromatic N) is 3. The number of sulfonamides is 1. The number of amides is 1. The van der Waals surface area contributed by atoms with E-state index in [0.29, 0.717) is 102 Å². The summed E-state index contributed by atoms with van der Waals surface area (Å²) < 4.78 is 113. The summed E-state index contributed by atoms with van der Waals surface area (Å²) >= 11 is 4.39. The minimum atomic E-state index is -4.85. The van der Waals surface area contributed by atoms with E-state index in [1.54, 1.807) is 4.90 Å². The van der Waals surface area contributed by atoms with Crippen molar-refractivity contribution in [3.05, 3.63) is 120 Å². The lowest BCUT2D eigenvalue weighted by molar-refractivity contribution is -0.132. The van der Waals surface area contributed by atoms with Gasteiger partial charge in [-0.3, -0.25) is 14.1 Å². The second-order valence-electron chi connectivity index (χ2n) is 21.0. The van der Waals surface area contributed by atoms with Gasteiger partial charge in [0.2, 0.25) is 21.3 Å². The second-order valence-corrected chi connectivity index (χ2v) is 26.4. The van der Waals surface area contributed by atoms with Gasteiger partial charge in [0, 0.05) is 96.3 Å². The van der Waals surface area contributed by atoms with E-state index >= 15 is 0 Å². The number of ether oxygens (including phenoxy) is 5. The maximum atomic E-state index is 14.0. The summed E-state index contributed by atoms with van der Waals surface area (Å²) in [6.45, 7) is 18.8. The number of hydrogen-bond donors (Lipinski definition) is 2. The molecule has 5 aromatic rings. The summed E-state index contributed by atoms with van der Waals surface area (Å²) in [5, 5.41) is 2.30. The van der Waals surface area contributed by atoms with E-state index < -0.39 is 25.0 Å². The van der Waals surface area contributed by atoms with E-state index in [4.69, 9.17) is 32.5 Å². The first-order chi connectivity index (χ1) is 42.0. The maximum absolute atomic E-state index is 14.0. The number of aryl methyl sites for hydroxylation is 1. The lowest BCUT2D eigenvalue weighted by Gasteiger charge is -2.25. The Morgan fingerprint density at radius 2 is 1.30 bits per heavy atom. The molecule has 0 radical (unpaired) electrons. The van der Waals surface area contributed by atoms with Crippen molar-refractivity contribution in [1.82, 2.24) is 14.2 Å². The third kappa shape index (κ3) is 18.8. The number of nitrogens with one attached hydrogen (secondary N) is 1. The first-order valence-corrected chi connectivity index (χ1v) is 35.3. The molecule has 0 atom stereocenters. The van der Waals surface area contributed by atoms with Gasteiger partial charge in [0.1, 0.15) is 53.0 Å². The lowest BCUT2D eigenvalue weighted by atomic mass is 9.93. The van der Waals surface area contributed by atoms with Crippen LogP contribution < -0.4 is 24.3 Å². The van der Waals surface area contributed by atoms with Crippen LogP contribution in [0.3, 0.4) is 0 Å². The Morgan fingerprint density at radius 1 is 0.644 bits per heavy atom. The van der Waals surface area contributed by atoms with Gasteiger partial charge in [0.05, 0.1) is 89.5 Å². The quantitative estimate of drug-likeness (QED) is 0.00919. The van der Waals surface area contributed by atoms with Crippen LogP contribution >= 0.6 is 45.2 Å². The number of fused-ring (bicyclic) bond motifs is 3. The number of benzene rings is 5. The number of furan rings is 1. The molecular formula is C65H83I2N4O14S2+. The maximum Gasteiger partial charge on any atom is 0.295 e. The Labute approximate surface area is 539 Å². The van der Waals surface area contributed by atoms with Gasteiger partial charge in [-0.15, -0.1) is 0 Å². The zero-order chi connectivity index (χ0) is 62.5. The third-order valence-corrected chi connectivity index (χ3v) is 18.5. The minimum Gasteiger partial charge on any atom is -0.490 e. The van der Waals surface area contributed by atoms with Gasteiger partial charge < -0.3 is 42.3 Å². The number of hydrogen-bond acceptors (Lipinski definition) is 14. The SMILES string of the molecule is CCCCc1oc2ccccc2c1C(=O)c1cc(I)c(OCCN(CC)C(=O)CCOCCOCCOCCOCCNS(=O)(=O)c2ccc(S(=O)(=O)O)c(-c3c4ccc(=[N+](CCC)CCC)cc-4oc4cc(N(CCC)CCC)ccc34)c2)c(I)c1. The molecule has 0 spiro atoms. The summed E-state index contributed by atoms with van der Waals surface area (Å²) in [6, 6.07) is 26.4. The highest BCUT2D eigenvalue weighted by Crippen LogP contribution is 2.44. The molecule has 0 bridgehead atoms. The molecule has 0 saturated heterocycles. The second kappa shape index (κ2) is 34.2. The molecule has 0 unspecified atom stereocenters. The minimum absolute atomic E-state index is 0.0117. The first kappa shape index (κ1) is 69.4. The highest BCUT2D eigenvalue weighted by atomic mass is 127. The summed E-state index contributed by atoms with van der Waals surface area (Å²) in [7, 11) is -9.06. The van der Waals surface area contributed by atoms with Gasteiger partial charge in [-0.1, -0.05) is 59.2 Å². The molecule has 0 fully saturated rings. The molecule has 2 heterocycles. The zero-order valence-electron chi connectivity index (χ0n) is 50.8. The number of carbonyl (C=O) groups is 2. The van der Waals surface area contributed by atoms with Crippen molar-refractivity contribution >= 4 is 105 Å². The van der Waals surface area contributed by atoms with Gasteiger partial charge in [0.25, 0.3) is 10.1 Å². The van der Waals surface area contributed by atoms with Gasteiger partial charge in [-0.25, -0.2) is 17.7 Å². The Kier molecular flexibility index (Phi) is 27.3. The van der Waals surface area contributed by atoms with Crippen LogP contribution in [0.4, 0.5) is 5.69 Å². The molecule has 472 valence electrons. The fraction of sp³-hybridized carbons (Fsp3) is 0.462. The smallest absolute Gasteiger partial charge is 0.295 e. The molecule has 2 aliphatic rings. The summed E-state index contributed by atoms with van der Waals surface area (Å²) in [4.78, 5) is 30.4. The number of anilines is 1. The Morgan fingerprint density at radius 3 is 1.93 bits per heavy atom. The van der Waals surface area contributed by atoms with Gasteiger partial charge in [0.15, 0.2) is 5.78 Å². The molecule has 22 heteroatoms. The van der Waals surface area contributed by atoms with E-state index in [0.717, 1.165) is 100 Å². The molecule has 4 aromatic carbocycles. The molecule has 2 N–H and O–H groups in total. The monoisotopic (exact) mass is 1460 g/mol. The molecule has 0 saturated carbocycles. The first-order valence-electron chi connectivity index (χ1n) is 30.2. The van der Waals surface area contributed by atoms with Crippen LogP contribution in [0.1, 0.15) is 108 Å². The number of carbonyl (C=O) groups excluding carboxylic acids is 2. The molecule has 7 rings (SSSR count). The molecule has 18 nitrogen and oxygen atoms in total. The zero-order valence-corrected chi connectivity index (χ0v) is 56.7. The average molecular weight is 1460 g/mol. The van der Waals surface area contributed by atoms with Crippen LogP contribution in [0.2, 0.25) is 0 Å². The highest BCUT2D eigenvalue weighted by Gasteiger charge is 2.29. The van der Waals surface area contributed by atoms with Crippen molar-refractivity contribution in [3.8, 4) is 28.2 Å². The fourth-order valence-electron chi connectivity index (χ4n) is 10.4. The van der Waals surface area contributed by atoms with Crippen LogP contribution in [-0.4, -0.2) is 143 Å². The largest absolute Gasteiger partial charge is 0.490 e. The van der Waals surface area contributed by atoms with Gasteiger partial charge >= 0.3 is 0 Å². The average Bonchev–Trinajstić information content (AvgIpc) is 1.06. The van der Waals surface area contributed by atoms with Crippen LogP contribution in [-0.2, 0) is 50.3 Å². The standard InChI is InChI=1S/C65H82I2N4O14S2/c1-7-13-17-57-63(50-16-14-15-18-56(50)84-57)64(73)46-41-54(66)65(55(67)42-46)83-34-31-69(12-6)61(72)25-32-79-35-37-81-39-40-82-38-36-80-33-26-68-86(74,75)49-21-24-60(87(76,77)78)53(45-49)62-51-22-19-47(70(27-8-2)28-9-3)43-58(51)85-59-44-48(20-23-52(59)62)71(29-10-4)30-11-5/h14-16,18-24,41-45,68H,7-13,17,25-40H2,1-6H3/p+1. The van der Waals surface area contributed by atoms with E-state index in [1.807, 2.05) is 79.7 Å². The van der Waals surface area contributed by atoms with E-state index in [9.17, 15) is 31.0 Å². The molecular weight excluding hydrogens is 1380 g/mol. The van der Waals surface area contributed by atoms with Gasteiger partial charge in [-0.05, 0) is 126 Å². The van der Waals surface area contributed by atoms with Crippen molar-refractivity contribution in [2.45, 2.75) is 103 Å². The Hall–Kier alpha value is -5.03. The van der Waals surface area contributed by atoms with Crippen molar-refractivity contribution in [3.63, 3.8) is 0 Å². The van der Waals surface area contributed by atoms with Crippen LogP contribution in [0, 0.1) is 7.14 Å². The number of ketones is 1. The summed E-state index contributed by atoms with van der Waals surface area (Å²) in [5.74, 6) is 1.72. The molecule has 87 heavy (non-hydrogen) atoms. The predicted octanol–water partition coefficient (Wildman–Crippen LogP) is 11.9. The van der Waals surface area contributed by atoms with Crippen LogP contribution in [0.25, 0.3) is 44.4 Å². The molecule has 1 aliphatic carbocycles. The normalized spacial score (nSPS) is 12.0. The summed E-state index contributed by atoms with van der Waals surface area (Å²) in [6.07, 6.45) is 6.53. The van der Waals surface area contributed by atoms with Crippen molar-refractivity contribution in [2.24, 2.45) is 0 Å². The van der Waals surface area contributed by atoms with E-state index in [2.05, 4.69) is 94.0 Å². The number of para-hydroxylation sites is 1. The highest BCUT2D eigenvalue weighted by molar-refractivity contribution is 14.1. The number of likely N-dealkylation sites (N-methyl/N-ethyl adjacent to an activating group) is 1. The lowest BCUT2D eigenvalue weighted by Crippen LogP contribution is -2.35. The number of rotatable bonds is 38. The Balaban J connectivity index is 0.833. The molecule has 1 amide bonds. The fourth-order valence-corrected chi connectivity index (χ4v) is 14.2. The van der Waals surface area contributed by atoms with Crippen LogP contribution in [0.15, 0.2) is 110 Å². The van der Waals surface area contributed by atoms with E-state index in [1.165, 1.54) is 6.07 Å². The van der Waals surface area contributed by atoms with Gasteiger partial charge in [-0.2, -0.15) is 8.42 Å². The molecule has 1 aromatic heterocycles. The summed E-state index contributed by atoms with van der Waals surface area (Å²) in [5.41, 5.74) is 4.27. The topological polar surface area (TPSA) is 217 Å². The Bertz CT molecular complexity index is 3660. The predicted molar refractivity (Wildman–Crippen MR) is 357 cm³/mol. The van der Waals surface area contributed by atoms with Crippen molar-refractivity contribution in [1.29, 1.82) is 0 Å². The van der Waals surface area contributed by atoms with Crippen molar-refractivity contribution in [2.75, 3.05) is 110 Å². The number of halogens is 2. The number of unbranched alkanes of at least 4 members (excludes halogenated alkanes) is 1. The van der Waals surface area contributed by atoms with Crippen LogP contribution in [0.5, 0.6) is 5.75 Å². The molecule has 1 aliphatic heterocycles. The van der Waals surface area contributed by atoms with E-state index in [-0.39, 0.29) is 68.1 Å².